The van der Waals surface area contributed by atoms with Crippen molar-refractivity contribution in [3.05, 3.63) is 80.3 Å². The molecule has 0 radical (unpaired) electrons. The molecular formula is C19H17N3O3. The van der Waals surface area contributed by atoms with Crippen molar-refractivity contribution in [2.24, 2.45) is 0 Å². The largest absolute Gasteiger partial charge is 0.298 e. The second-order valence-electron chi connectivity index (χ2n) is 6.48. The molecule has 0 amide bonds. The first-order chi connectivity index (χ1) is 12.1. The summed E-state index contributed by atoms with van der Waals surface area (Å²) in [6.07, 6.45) is 3.14. The molecule has 6 heteroatoms. The lowest BCUT2D eigenvalue weighted by Crippen LogP contribution is -2.24. The molecule has 126 valence electrons. The van der Waals surface area contributed by atoms with E-state index in [1.54, 1.807) is 10.6 Å². The van der Waals surface area contributed by atoms with E-state index in [9.17, 15) is 14.9 Å². The van der Waals surface area contributed by atoms with Gasteiger partial charge in [0.2, 0.25) is 0 Å². The smallest absolute Gasteiger partial charge is 0.275 e. The molecule has 1 aliphatic rings. The molecule has 1 aromatic heterocycles. The molecule has 6 nitrogen and oxygen atoms in total. The summed E-state index contributed by atoms with van der Waals surface area (Å²) in [5.74, 6) is 0.209. The molecule has 0 N–H and O–H groups in total. The number of hydrogen-bond acceptors (Lipinski definition) is 4. The van der Waals surface area contributed by atoms with Crippen LogP contribution in [0.25, 0.3) is 11.0 Å². The van der Waals surface area contributed by atoms with E-state index in [1.807, 2.05) is 37.3 Å². The third-order valence-corrected chi connectivity index (χ3v) is 4.82. The first-order valence-electron chi connectivity index (χ1n) is 8.31. The van der Waals surface area contributed by atoms with Crippen molar-refractivity contribution in [1.82, 2.24) is 9.55 Å². The number of hydrogen-bond donors (Lipinski definition) is 0. The van der Waals surface area contributed by atoms with E-state index in [0.717, 1.165) is 18.4 Å². The molecule has 3 aromatic rings. The van der Waals surface area contributed by atoms with Gasteiger partial charge in [0.05, 0.1) is 28.2 Å². The third kappa shape index (κ3) is 2.69. The molecule has 2 aromatic carbocycles. The Morgan fingerprint density at radius 2 is 1.96 bits per heavy atom. The summed E-state index contributed by atoms with van der Waals surface area (Å²) in [5.41, 5.74) is 2.72. The van der Waals surface area contributed by atoms with Crippen molar-refractivity contribution in [3.63, 3.8) is 0 Å². The lowest BCUT2D eigenvalue weighted by Gasteiger charge is -2.18. The molecule has 0 bridgehead atoms. The highest BCUT2D eigenvalue weighted by atomic mass is 16.6. The number of nitrogens with zero attached hydrogens (tertiary/aromatic N) is 3. The normalized spacial score (nSPS) is 15.2. The topological polar surface area (TPSA) is 78.0 Å². The Morgan fingerprint density at radius 3 is 2.60 bits per heavy atom. The van der Waals surface area contributed by atoms with E-state index in [4.69, 9.17) is 0 Å². The van der Waals surface area contributed by atoms with Gasteiger partial charge in [-0.25, -0.2) is 4.98 Å². The summed E-state index contributed by atoms with van der Waals surface area (Å²) in [5, 5.41) is 11.4. The Kier molecular flexibility index (Phi) is 3.60. The number of rotatable bonds is 4. The average molecular weight is 335 g/mol. The summed E-state index contributed by atoms with van der Waals surface area (Å²) in [7, 11) is 0. The minimum Gasteiger partial charge on any atom is -0.298 e. The van der Waals surface area contributed by atoms with Gasteiger partial charge >= 0.3 is 0 Å². The van der Waals surface area contributed by atoms with Gasteiger partial charge < -0.3 is 0 Å². The molecule has 0 spiro atoms. The summed E-state index contributed by atoms with van der Waals surface area (Å²) in [6, 6.07) is 12.8. The molecule has 1 saturated carbocycles. The van der Waals surface area contributed by atoms with Crippen LogP contribution in [0.2, 0.25) is 0 Å². The maximum absolute atomic E-state index is 12.5. The van der Waals surface area contributed by atoms with Crippen molar-refractivity contribution in [3.8, 4) is 0 Å². The number of benzene rings is 2. The van der Waals surface area contributed by atoms with Crippen LogP contribution in [0.15, 0.2) is 53.5 Å². The standard InChI is InChI=1S/C19H17N3O3/c1-12(13-5-3-2-4-6-13)21-18-9-15(14-7-8-14)17(22(24)25)10-16(18)20-11-19(21)23/h2-6,9-12,14H,7-8H2,1H3/t12-/m0/s1. The molecular weight excluding hydrogens is 318 g/mol. The van der Waals surface area contributed by atoms with Gasteiger partial charge in [-0.05, 0) is 37.3 Å². The highest BCUT2D eigenvalue weighted by Gasteiger charge is 2.32. The zero-order valence-electron chi connectivity index (χ0n) is 13.8. The van der Waals surface area contributed by atoms with Gasteiger partial charge in [0.15, 0.2) is 0 Å². The van der Waals surface area contributed by atoms with Crippen molar-refractivity contribution >= 4 is 16.7 Å². The van der Waals surface area contributed by atoms with Crippen LogP contribution >= 0.6 is 0 Å². The van der Waals surface area contributed by atoms with Gasteiger partial charge in [-0.3, -0.25) is 19.5 Å². The number of nitro benzene ring substituents is 1. The Morgan fingerprint density at radius 1 is 1.24 bits per heavy atom. The molecule has 1 aliphatic carbocycles. The lowest BCUT2D eigenvalue weighted by molar-refractivity contribution is -0.385. The van der Waals surface area contributed by atoms with E-state index < -0.39 is 0 Å². The SMILES string of the molecule is C[C@@H](c1ccccc1)n1c(=O)cnc2cc([N+](=O)[O-])c(C3CC3)cc21. The van der Waals surface area contributed by atoms with Gasteiger partial charge in [0, 0.05) is 11.6 Å². The van der Waals surface area contributed by atoms with Gasteiger partial charge in [-0.15, -0.1) is 0 Å². The summed E-state index contributed by atoms with van der Waals surface area (Å²) in [6.45, 7) is 1.95. The minimum atomic E-state index is -0.356. The molecule has 0 unspecified atom stereocenters. The fourth-order valence-electron chi connectivity index (χ4n) is 3.34. The Balaban J connectivity index is 1.98. The Labute approximate surface area is 143 Å². The van der Waals surface area contributed by atoms with Crippen molar-refractivity contribution in [1.29, 1.82) is 0 Å². The molecule has 25 heavy (non-hydrogen) atoms. The lowest BCUT2D eigenvalue weighted by atomic mass is 10.0. The maximum atomic E-state index is 12.5. The third-order valence-electron chi connectivity index (χ3n) is 4.82. The van der Waals surface area contributed by atoms with Crippen LogP contribution in [0.1, 0.15) is 42.9 Å². The van der Waals surface area contributed by atoms with Crippen LogP contribution in [0, 0.1) is 10.1 Å². The van der Waals surface area contributed by atoms with Gasteiger partial charge in [-0.1, -0.05) is 30.3 Å². The Hall–Kier alpha value is -3.02. The van der Waals surface area contributed by atoms with E-state index in [-0.39, 0.29) is 28.1 Å². The molecule has 1 heterocycles. The average Bonchev–Trinajstić information content (AvgIpc) is 3.46. The molecule has 4 rings (SSSR count). The number of nitro groups is 1. The van der Waals surface area contributed by atoms with Crippen LogP contribution in [0.4, 0.5) is 5.69 Å². The van der Waals surface area contributed by atoms with Gasteiger partial charge in [-0.2, -0.15) is 0 Å². The van der Waals surface area contributed by atoms with E-state index in [0.29, 0.717) is 16.6 Å². The first-order valence-corrected chi connectivity index (χ1v) is 8.31. The summed E-state index contributed by atoms with van der Waals surface area (Å²) >= 11 is 0. The minimum absolute atomic E-state index is 0.0973. The maximum Gasteiger partial charge on any atom is 0.275 e. The van der Waals surface area contributed by atoms with Crippen molar-refractivity contribution in [2.45, 2.75) is 31.7 Å². The van der Waals surface area contributed by atoms with E-state index in [1.165, 1.54) is 12.3 Å². The van der Waals surface area contributed by atoms with E-state index >= 15 is 0 Å². The van der Waals surface area contributed by atoms with Crippen LogP contribution in [-0.4, -0.2) is 14.5 Å². The van der Waals surface area contributed by atoms with Crippen molar-refractivity contribution in [2.75, 3.05) is 0 Å². The van der Waals surface area contributed by atoms with Crippen molar-refractivity contribution < 1.29 is 4.92 Å². The zero-order chi connectivity index (χ0) is 17.6. The predicted octanol–water partition coefficient (Wildman–Crippen LogP) is 3.79. The monoisotopic (exact) mass is 335 g/mol. The quantitative estimate of drug-likeness (QED) is 0.537. The first kappa shape index (κ1) is 15.5. The van der Waals surface area contributed by atoms with Crippen LogP contribution in [0.3, 0.4) is 0 Å². The fraction of sp³-hybridized carbons (Fsp3) is 0.263. The number of aromatic nitrogens is 2. The second kappa shape index (κ2) is 5.81. The van der Waals surface area contributed by atoms with Gasteiger partial charge in [0.1, 0.15) is 0 Å². The number of fused-ring (bicyclic) bond motifs is 1. The highest BCUT2D eigenvalue weighted by molar-refractivity contribution is 5.80. The summed E-state index contributed by atoms with van der Waals surface area (Å²) < 4.78 is 1.67. The Bertz CT molecular complexity index is 1020. The highest BCUT2D eigenvalue weighted by Crippen LogP contribution is 2.45. The zero-order valence-corrected chi connectivity index (χ0v) is 13.8. The molecule has 0 aliphatic heterocycles. The van der Waals surface area contributed by atoms with Gasteiger partial charge in [0.25, 0.3) is 11.2 Å². The van der Waals surface area contributed by atoms with Crippen LogP contribution in [0.5, 0.6) is 0 Å². The summed E-state index contributed by atoms with van der Waals surface area (Å²) in [4.78, 5) is 27.7. The fourth-order valence-corrected chi connectivity index (χ4v) is 3.34. The molecule has 1 atom stereocenters. The predicted molar refractivity (Wildman–Crippen MR) is 94.9 cm³/mol. The van der Waals surface area contributed by atoms with E-state index in [2.05, 4.69) is 4.98 Å². The molecule has 0 saturated heterocycles. The van der Waals surface area contributed by atoms with Crippen LogP contribution in [-0.2, 0) is 0 Å². The van der Waals surface area contributed by atoms with Crippen LogP contribution < -0.4 is 5.56 Å². The molecule has 1 fully saturated rings. The second-order valence-corrected chi connectivity index (χ2v) is 6.48.